The monoisotopic (exact) mass is 151 g/mol. The summed E-state index contributed by atoms with van der Waals surface area (Å²) in [4.78, 5) is 0. The molecular weight excluding hydrogens is 146 g/mol. The zero-order chi connectivity index (χ0) is 0. The molecule has 0 aliphatic rings. The molecule has 0 amide bonds. The van der Waals surface area contributed by atoms with Gasteiger partial charge >= 0.3 is 0 Å². The van der Waals surface area contributed by atoms with Gasteiger partial charge in [-0.3, -0.25) is 0 Å². The maximum absolute atomic E-state index is 0. The predicted octanol–water partition coefficient (Wildman–Crippen LogP) is -0.772. The first-order valence-electron chi connectivity index (χ1n) is 0. The third kappa shape index (κ3) is 9.35. The molecule has 1 unspecified atom stereocenters. The molecule has 0 saturated carbocycles. The fourth-order valence-electron chi connectivity index (χ4n) is 0. The summed E-state index contributed by atoms with van der Waals surface area (Å²) >= 11 is 0. The van der Waals surface area contributed by atoms with Crippen LogP contribution in [0.3, 0.4) is 0 Å². The van der Waals surface area contributed by atoms with E-state index in [0.29, 0.717) is 0 Å². The molecule has 0 saturated heterocycles. The minimum absolute atomic E-state index is 0. The van der Waals surface area contributed by atoms with Gasteiger partial charge in [0.1, 0.15) is 0 Å². The van der Waals surface area contributed by atoms with Gasteiger partial charge in [-0.1, -0.05) is 0 Å². The summed E-state index contributed by atoms with van der Waals surface area (Å²) in [6.45, 7) is 0. The summed E-state index contributed by atoms with van der Waals surface area (Å²) in [5.74, 6) is 0. The molecular formula is H5OPTiV. The second-order valence-electron chi connectivity index (χ2n) is 0. The first-order valence-corrected chi connectivity index (χ1v) is 0. The molecule has 25 valence electrons. The van der Waals surface area contributed by atoms with Crippen molar-refractivity contribution in [3.05, 3.63) is 0 Å². The molecule has 1 radical (unpaired) electrons. The van der Waals surface area contributed by atoms with Crippen LogP contribution in [0.15, 0.2) is 0 Å². The van der Waals surface area contributed by atoms with E-state index >= 15 is 0 Å². The maximum atomic E-state index is 0. The number of hydrogen-bond donors (Lipinski definition) is 0. The van der Waals surface area contributed by atoms with E-state index in [4.69, 9.17) is 0 Å². The zero-order valence-electron chi connectivity index (χ0n) is 2.15. The fraction of sp³-hybridized carbons (Fsp3) is 0. The minimum Gasteiger partial charge on any atom is -0.412 e. The van der Waals surface area contributed by atoms with Crippen molar-refractivity contribution >= 4 is 9.90 Å². The van der Waals surface area contributed by atoms with Crippen molar-refractivity contribution in [2.24, 2.45) is 0 Å². The van der Waals surface area contributed by atoms with Crippen molar-refractivity contribution < 1.29 is 45.7 Å². The molecule has 0 aromatic heterocycles. The predicted molar refractivity (Wildman–Crippen MR) is 14.7 cm³/mol. The number of rotatable bonds is 0. The van der Waals surface area contributed by atoms with Crippen molar-refractivity contribution in [1.82, 2.24) is 0 Å². The summed E-state index contributed by atoms with van der Waals surface area (Å²) in [5.41, 5.74) is 0. The average Bonchev–Trinajstić information content (AvgIpc) is 0. The summed E-state index contributed by atoms with van der Waals surface area (Å²) < 4.78 is 0. The third-order valence-electron chi connectivity index (χ3n) is 0. The Bertz CT molecular complexity index is 8.00. The van der Waals surface area contributed by atoms with Crippen molar-refractivity contribution in [2.45, 2.75) is 0 Å². The van der Waals surface area contributed by atoms with Gasteiger partial charge in [-0.25, -0.2) is 0 Å². The second kappa shape index (κ2) is 22.4. The van der Waals surface area contributed by atoms with Gasteiger partial charge in [0.2, 0.25) is 0 Å². The molecule has 0 spiro atoms. The van der Waals surface area contributed by atoms with E-state index in [0.717, 1.165) is 0 Å². The van der Waals surface area contributed by atoms with Crippen LogP contribution in [0.1, 0.15) is 0 Å². The molecule has 1 atom stereocenters. The van der Waals surface area contributed by atoms with Crippen LogP contribution in [0.5, 0.6) is 0 Å². The largest absolute Gasteiger partial charge is 0.412 e. The van der Waals surface area contributed by atoms with Gasteiger partial charge in [-0.15, -0.1) is 0 Å². The molecule has 0 heterocycles. The van der Waals surface area contributed by atoms with Crippen molar-refractivity contribution in [3.63, 3.8) is 0 Å². The van der Waals surface area contributed by atoms with Crippen LogP contribution >= 0.6 is 9.90 Å². The van der Waals surface area contributed by atoms with E-state index < -0.39 is 0 Å². The molecule has 0 rings (SSSR count). The van der Waals surface area contributed by atoms with Crippen LogP contribution in [0, 0.1) is 0 Å². The minimum atomic E-state index is 0. The zero-order valence-corrected chi connectivity index (χ0v) is 6.53. The van der Waals surface area contributed by atoms with Gasteiger partial charge in [-0.05, 0) is 0 Å². The molecule has 0 fully saturated rings. The molecule has 2 N–H and O–H groups in total. The van der Waals surface area contributed by atoms with Crippen molar-refractivity contribution in [2.75, 3.05) is 0 Å². The summed E-state index contributed by atoms with van der Waals surface area (Å²) in [5, 5.41) is 0. The van der Waals surface area contributed by atoms with Gasteiger partial charge in [0.25, 0.3) is 0 Å². The SMILES string of the molecule is O.P.[Ti].[V]. The second-order valence-corrected chi connectivity index (χ2v) is 0. The summed E-state index contributed by atoms with van der Waals surface area (Å²) in [7, 11) is 0. The molecule has 0 aliphatic carbocycles. The van der Waals surface area contributed by atoms with E-state index in [1.54, 1.807) is 0 Å². The molecule has 4 heteroatoms. The van der Waals surface area contributed by atoms with Crippen molar-refractivity contribution in [1.29, 1.82) is 0 Å². The Kier molecular flexibility index (Phi) is 245. The normalized spacial score (nSPS) is 0. The molecule has 0 aliphatic heterocycles. The molecule has 1 nitrogen and oxygen atoms in total. The van der Waals surface area contributed by atoms with Gasteiger partial charge in [0, 0.05) is 40.3 Å². The van der Waals surface area contributed by atoms with Crippen LogP contribution in [0.2, 0.25) is 0 Å². The third-order valence-corrected chi connectivity index (χ3v) is 0. The van der Waals surface area contributed by atoms with Crippen LogP contribution in [-0.2, 0) is 40.3 Å². The van der Waals surface area contributed by atoms with Gasteiger partial charge < -0.3 is 5.48 Å². The average molecular weight is 151 g/mol. The standard InChI is InChI=1S/H2O.H3P.Ti.V/h1H2;1H3;;. The first kappa shape index (κ1) is 43.9. The van der Waals surface area contributed by atoms with E-state index in [2.05, 4.69) is 0 Å². The van der Waals surface area contributed by atoms with E-state index in [9.17, 15) is 0 Å². The van der Waals surface area contributed by atoms with E-state index in [-0.39, 0.29) is 55.6 Å². The molecule has 0 bridgehead atoms. The Morgan fingerprint density at radius 3 is 1.00 bits per heavy atom. The first-order chi connectivity index (χ1) is 0. The summed E-state index contributed by atoms with van der Waals surface area (Å²) in [6, 6.07) is 0. The fourth-order valence-corrected chi connectivity index (χ4v) is 0. The van der Waals surface area contributed by atoms with Crippen molar-refractivity contribution in [3.8, 4) is 0 Å². The molecule has 0 aromatic carbocycles. The Hall–Kier alpha value is 1.69. The van der Waals surface area contributed by atoms with E-state index in [1.165, 1.54) is 0 Å². The van der Waals surface area contributed by atoms with Crippen LogP contribution in [0.25, 0.3) is 0 Å². The molecule has 0 aromatic rings. The number of hydrogen-bond acceptors (Lipinski definition) is 0. The van der Waals surface area contributed by atoms with E-state index in [1.807, 2.05) is 0 Å². The molecule has 4 heavy (non-hydrogen) atoms. The van der Waals surface area contributed by atoms with Gasteiger partial charge in [-0.2, -0.15) is 9.90 Å². The van der Waals surface area contributed by atoms with Crippen LogP contribution in [-0.4, -0.2) is 5.48 Å². The van der Waals surface area contributed by atoms with Crippen LogP contribution in [0.4, 0.5) is 0 Å². The topological polar surface area (TPSA) is 31.5 Å². The quantitative estimate of drug-likeness (QED) is 0.321. The van der Waals surface area contributed by atoms with Crippen LogP contribution < -0.4 is 0 Å². The van der Waals surface area contributed by atoms with Gasteiger partial charge in [0.05, 0.1) is 0 Å². The Morgan fingerprint density at radius 1 is 1.00 bits per heavy atom. The smallest absolute Gasteiger partial charge is 0 e. The Labute approximate surface area is 55.6 Å². The maximum Gasteiger partial charge on any atom is 0 e. The van der Waals surface area contributed by atoms with Gasteiger partial charge in [0.15, 0.2) is 0 Å². The Morgan fingerprint density at radius 2 is 1.00 bits per heavy atom. The Balaban J connectivity index is 0. The summed E-state index contributed by atoms with van der Waals surface area (Å²) in [6.07, 6.45) is 0.